The van der Waals surface area contributed by atoms with Gasteiger partial charge in [-0.05, 0) is 35.0 Å². The SMILES string of the molecule is CC.CONC(=O)c1c(C)[nH]c2cc(Cl)c(Br)cc12. The van der Waals surface area contributed by atoms with E-state index in [0.717, 1.165) is 21.1 Å². The Labute approximate surface area is 125 Å². The van der Waals surface area contributed by atoms with E-state index in [2.05, 4.69) is 31.2 Å². The third kappa shape index (κ3) is 3.29. The number of hydrogen-bond donors (Lipinski definition) is 2. The molecule has 1 aromatic carbocycles. The Kier molecular flexibility index (Phi) is 5.85. The summed E-state index contributed by atoms with van der Waals surface area (Å²) in [6.07, 6.45) is 0. The van der Waals surface area contributed by atoms with Gasteiger partial charge in [-0.3, -0.25) is 9.63 Å². The lowest BCUT2D eigenvalue weighted by atomic mass is 10.1. The van der Waals surface area contributed by atoms with Gasteiger partial charge in [0.2, 0.25) is 0 Å². The van der Waals surface area contributed by atoms with E-state index in [1.54, 1.807) is 6.07 Å². The molecular weight excluding hydrogens is 332 g/mol. The van der Waals surface area contributed by atoms with E-state index in [9.17, 15) is 4.79 Å². The molecule has 2 N–H and O–H groups in total. The largest absolute Gasteiger partial charge is 0.358 e. The van der Waals surface area contributed by atoms with E-state index in [4.69, 9.17) is 11.6 Å². The molecule has 0 spiro atoms. The van der Waals surface area contributed by atoms with Gasteiger partial charge in [-0.1, -0.05) is 25.4 Å². The number of carbonyl (C=O) groups is 1. The second-order valence-electron chi connectivity index (χ2n) is 3.57. The van der Waals surface area contributed by atoms with Crippen LogP contribution in [0.25, 0.3) is 10.9 Å². The van der Waals surface area contributed by atoms with Gasteiger partial charge in [0.25, 0.3) is 5.91 Å². The summed E-state index contributed by atoms with van der Waals surface area (Å²) in [5, 5.41) is 1.39. The molecule has 19 heavy (non-hydrogen) atoms. The Morgan fingerprint density at radius 3 is 2.63 bits per heavy atom. The van der Waals surface area contributed by atoms with Crippen molar-refractivity contribution in [2.45, 2.75) is 20.8 Å². The van der Waals surface area contributed by atoms with Gasteiger partial charge in [-0.2, -0.15) is 0 Å². The number of rotatable bonds is 2. The van der Waals surface area contributed by atoms with Crippen molar-refractivity contribution < 1.29 is 9.63 Å². The molecule has 2 rings (SSSR count). The summed E-state index contributed by atoms with van der Waals surface area (Å²) in [6.45, 7) is 5.83. The van der Waals surface area contributed by atoms with Crippen molar-refractivity contribution in [3.8, 4) is 0 Å². The Hall–Kier alpha value is -1.04. The van der Waals surface area contributed by atoms with Crippen molar-refractivity contribution in [1.82, 2.24) is 10.5 Å². The van der Waals surface area contributed by atoms with E-state index >= 15 is 0 Å². The zero-order chi connectivity index (χ0) is 14.6. The number of aromatic amines is 1. The third-order valence-corrected chi connectivity index (χ3v) is 3.65. The fraction of sp³-hybridized carbons (Fsp3) is 0.308. The number of hydroxylamine groups is 1. The lowest BCUT2D eigenvalue weighted by molar-refractivity contribution is 0.0539. The van der Waals surface area contributed by atoms with E-state index in [1.165, 1.54) is 7.11 Å². The van der Waals surface area contributed by atoms with Crippen molar-refractivity contribution in [3.05, 3.63) is 32.9 Å². The Morgan fingerprint density at radius 2 is 2.05 bits per heavy atom. The number of carbonyl (C=O) groups excluding carboxylic acids is 1. The van der Waals surface area contributed by atoms with Crippen molar-refractivity contribution in [1.29, 1.82) is 0 Å². The van der Waals surface area contributed by atoms with Crippen LogP contribution >= 0.6 is 27.5 Å². The first-order valence-corrected chi connectivity index (χ1v) is 7.02. The smallest absolute Gasteiger partial charge is 0.277 e. The highest BCUT2D eigenvalue weighted by Gasteiger charge is 2.17. The van der Waals surface area contributed by atoms with E-state index in [0.29, 0.717) is 10.6 Å². The maximum atomic E-state index is 11.8. The lowest BCUT2D eigenvalue weighted by Crippen LogP contribution is -2.22. The zero-order valence-corrected chi connectivity index (χ0v) is 13.6. The molecule has 0 aliphatic carbocycles. The topological polar surface area (TPSA) is 54.1 Å². The first kappa shape index (κ1) is 16.0. The monoisotopic (exact) mass is 346 g/mol. The average Bonchev–Trinajstić information content (AvgIpc) is 2.68. The van der Waals surface area contributed by atoms with Crippen molar-refractivity contribution >= 4 is 44.3 Å². The molecular formula is C13H16BrClN2O2. The van der Waals surface area contributed by atoms with Gasteiger partial charge in [0, 0.05) is 21.1 Å². The molecule has 2 aromatic rings. The summed E-state index contributed by atoms with van der Waals surface area (Å²) < 4.78 is 0.747. The molecule has 0 radical (unpaired) electrons. The Morgan fingerprint density at radius 1 is 1.42 bits per heavy atom. The zero-order valence-electron chi connectivity index (χ0n) is 11.2. The number of fused-ring (bicyclic) bond motifs is 1. The molecule has 1 aromatic heterocycles. The fourth-order valence-corrected chi connectivity index (χ4v) is 2.27. The molecule has 0 bridgehead atoms. The van der Waals surface area contributed by atoms with Gasteiger partial charge in [-0.25, -0.2) is 5.48 Å². The molecule has 0 saturated carbocycles. The second kappa shape index (κ2) is 6.93. The fourth-order valence-electron chi connectivity index (χ4n) is 1.76. The molecule has 0 aliphatic rings. The van der Waals surface area contributed by atoms with Gasteiger partial charge >= 0.3 is 0 Å². The number of aromatic nitrogens is 1. The summed E-state index contributed by atoms with van der Waals surface area (Å²) in [6, 6.07) is 3.59. The number of H-pyrrole nitrogens is 1. The molecule has 0 fully saturated rings. The quantitative estimate of drug-likeness (QED) is 0.800. The standard InChI is InChI=1S/C11H10BrClN2O2.C2H6/c1-5-10(11(16)15-17-2)6-3-7(12)8(13)4-9(6)14-5;1-2/h3-4,14H,1-2H3,(H,15,16);1-2H3. The summed E-state index contributed by atoms with van der Waals surface area (Å²) in [7, 11) is 1.40. The van der Waals surface area contributed by atoms with Crippen LogP contribution in [0, 0.1) is 6.92 Å². The van der Waals surface area contributed by atoms with Gasteiger partial charge in [0.15, 0.2) is 0 Å². The molecule has 0 unspecified atom stereocenters. The van der Waals surface area contributed by atoms with Crippen LogP contribution in [-0.4, -0.2) is 18.0 Å². The summed E-state index contributed by atoms with van der Waals surface area (Å²) in [4.78, 5) is 19.6. The Bertz CT molecular complexity index is 596. The van der Waals surface area contributed by atoms with Crippen LogP contribution < -0.4 is 5.48 Å². The molecule has 0 atom stereocenters. The summed E-state index contributed by atoms with van der Waals surface area (Å²) in [5.74, 6) is -0.287. The maximum Gasteiger partial charge on any atom is 0.277 e. The van der Waals surface area contributed by atoms with Crippen LogP contribution in [-0.2, 0) is 4.84 Å². The number of halogens is 2. The minimum Gasteiger partial charge on any atom is -0.358 e. The number of benzene rings is 1. The maximum absolute atomic E-state index is 11.8. The van der Waals surface area contributed by atoms with E-state index in [1.807, 2.05) is 26.8 Å². The second-order valence-corrected chi connectivity index (χ2v) is 4.83. The molecule has 1 amide bonds. The van der Waals surface area contributed by atoms with Crippen molar-refractivity contribution in [2.24, 2.45) is 0 Å². The van der Waals surface area contributed by atoms with Gasteiger partial charge in [0.05, 0.1) is 17.7 Å². The Balaban J connectivity index is 0.000000861. The number of amides is 1. The number of aryl methyl sites for hydroxylation is 1. The van der Waals surface area contributed by atoms with Crippen LogP contribution in [0.5, 0.6) is 0 Å². The van der Waals surface area contributed by atoms with Crippen LogP contribution in [0.1, 0.15) is 29.9 Å². The highest BCUT2D eigenvalue weighted by atomic mass is 79.9. The predicted octanol–water partition coefficient (Wildman–Crippen LogP) is 4.21. The van der Waals surface area contributed by atoms with Gasteiger partial charge in [-0.15, -0.1) is 0 Å². The predicted molar refractivity (Wildman–Crippen MR) is 81.6 cm³/mol. The summed E-state index contributed by atoms with van der Waals surface area (Å²) >= 11 is 9.34. The number of nitrogens with one attached hydrogen (secondary N) is 2. The van der Waals surface area contributed by atoms with Crippen LogP contribution in [0.4, 0.5) is 0 Å². The van der Waals surface area contributed by atoms with Crippen LogP contribution in [0.3, 0.4) is 0 Å². The number of hydrogen-bond acceptors (Lipinski definition) is 2. The first-order valence-electron chi connectivity index (χ1n) is 5.85. The molecule has 4 nitrogen and oxygen atoms in total. The molecule has 6 heteroatoms. The van der Waals surface area contributed by atoms with Gasteiger partial charge < -0.3 is 4.98 Å². The molecule has 104 valence electrons. The van der Waals surface area contributed by atoms with Crippen molar-refractivity contribution in [3.63, 3.8) is 0 Å². The lowest BCUT2D eigenvalue weighted by Gasteiger charge is -2.02. The van der Waals surface area contributed by atoms with Gasteiger partial charge in [0.1, 0.15) is 0 Å². The van der Waals surface area contributed by atoms with Crippen LogP contribution in [0.2, 0.25) is 5.02 Å². The summed E-state index contributed by atoms with van der Waals surface area (Å²) in [5.41, 5.74) is 4.45. The highest BCUT2D eigenvalue weighted by molar-refractivity contribution is 9.10. The van der Waals surface area contributed by atoms with Crippen LogP contribution in [0.15, 0.2) is 16.6 Å². The minimum absolute atomic E-state index is 0.287. The molecule has 0 saturated heterocycles. The van der Waals surface area contributed by atoms with E-state index < -0.39 is 0 Å². The third-order valence-electron chi connectivity index (χ3n) is 2.45. The van der Waals surface area contributed by atoms with E-state index in [-0.39, 0.29) is 5.91 Å². The normalized spacial score (nSPS) is 10.0. The first-order chi connectivity index (χ1) is 9.04. The molecule has 1 heterocycles. The highest BCUT2D eigenvalue weighted by Crippen LogP contribution is 2.31. The average molecular weight is 348 g/mol. The minimum atomic E-state index is -0.287. The molecule has 0 aliphatic heterocycles. The van der Waals surface area contributed by atoms with Crippen molar-refractivity contribution in [2.75, 3.05) is 7.11 Å².